The minimum Gasteiger partial charge on any atom is -0.409 e. The van der Waals surface area contributed by atoms with E-state index in [9.17, 15) is 4.79 Å². The van der Waals surface area contributed by atoms with Crippen LogP contribution < -0.4 is 11.1 Å². The number of amidine groups is 1. The van der Waals surface area contributed by atoms with Crippen LogP contribution in [0.15, 0.2) is 5.16 Å². The molecule has 0 heterocycles. The van der Waals surface area contributed by atoms with Gasteiger partial charge in [0.15, 0.2) is 5.84 Å². The van der Waals surface area contributed by atoms with E-state index in [2.05, 4.69) is 10.5 Å². The van der Waals surface area contributed by atoms with Crippen LogP contribution in [0.25, 0.3) is 0 Å². The zero-order valence-corrected chi connectivity index (χ0v) is 10.7. The van der Waals surface area contributed by atoms with Crippen LogP contribution in [0.5, 0.6) is 0 Å². The van der Waals surface area contributed by atoms with Gasteiger partial charge >= 0.3 is 0 Å². The fraction of sp³-hybridized carbons (Fsp3) is 0.833. The molecule has 0 aliphatic heterocycles. The SMILES string of the molecule is CCC(C)C(=O)NC1(/C(N)=N/O)CCCCC1. The second-order valence-corrected chi connectivity index (χ2v) is 4.93. The van der Waals surface area contributed by atoms with E-state index >= 15 is 0 Å². The van der Waals surface area contributed by atoms with E-state index in [0.717, 1.165) is 38.5 Å². The molecule has 1 amide bonds. The Balaban J connectivity index is 2.80. The smallest absolute Gasteiger partial charge is 0.223 e. The van der Waals surface area contributed by atoms with Gasteiger partial charge in [0.1, 0.15) is 5.54 Å². The standard InChI is InChI=1S/C12H23N3O2/c1-3-9(2)10(16)14-12(11(13)15-17)7-5-4-6-8-12/h9,17H,3-8H2,1-2H3,(H2,13,15)(H,14,16). The number of nitrogens with one attached hydrogen (secondary N) is 1. The van der Waals surface area contributed by atoms with Crippen molar-refractivity contribution in [2.24, 2.45) is 16.8 Å². The van der Waals surface area contributed by atoms with E-state index < -0.39 is 5.54 Å². The highest BCUT2D eigenvalue weighted by atomic mass is 16.4. The second kappa shape index (κ2) is 5.89. The number of carbonyl (C=O) groups excluding carboxylic acids is 1. The third kappa shape index (κ3) is 3.11. The fourth-order valence-corrected chi connectivity index (χ4v) is 2.24. The van der Waals surface area contributed by atoms with E-state index in [4.69, 9.17) is 10.9 Å². The maximum Gasteiger partial charge on any atom is 0.223 e. The number of oxime groups is 1. The van der Waals surface area contributed by atoms with Crippen molar-refractivity contribution in [1.29, 1.82) is 0 Å². The average Bonchev–Trinajstić information content (AvgIpc) is 2.37. The molecule has 0 saturated heterocycles. The predicted molar refractivity (Wildman–Crippen MR) is 66.8 cm³/mol. The summed E-state index contributed by atoms with van der Waals surface area (Å²) in [6, 6.07) is 0. The Hall–Kier alpha value is -1.26. The highest BCUT2D eigenvalue weighted by Crippen LogP contribution is 2.29. The molecule has 1 rings (SSSR count). The van der Waals surface area contributed by atoms with Gasteiger partial charge in [-0.3, -0.25) is 4.79 Å². The quantitative estimate of drug-likeness (QED) is 0.302. The first-order valence-corrected chi connectivity index (χ1v) is 6.35. The summed E-state index contributed by atoms with van der Waals surface area (Å²) in [4.78, 5) is 12.0. The molecule has 4 N–H and O–H groups in total. The van der Waals surface area contributed by atoms with Crippen LogP contribution >= 0.6 is 0 Å². The Kier molecular flexibility index (Phi) is 4.78. The summed E-state index contributed by atoms with van der Waals surface area (Å²) < 4.78 is 0. The van der Waals surface area contributed by atoms with Crippen LogP contribution in [0.2, 0.25) is 0 Å². The van der Waals surface area contributed by atoms with Gasteiger partial charge in [0.25, 0.3) is 0 Å². The van der Waals surface area contributed by atoms with Gasteiger partial charge in [-0.2, -0.15) is 0 Å². The maximum absolute atomic E-state index is 12.0. The lowest BCUT2D eigenvalue weighted by molar-refractivity contribution is -0.126. The van der Waals surface area contributed by atoms with Crippen molar-refractivity contribution < 1.29 is 10.0 Å². The molecular weight excluding hydrogens is 218 g/mol. The summed E-state index contributed by atoms with van der Waals surface area (Å²) in [5, 5.41) is 15.0. The first-order valence-electron chi connectivity index (χ1n) is 6.35. The van der Waals surface area contributed by atoms with Crippen LogP contribution in [0.3, 0.4) is 0 Å². The molecule has 0 spiro atoms. The van der Waals surface area contributed by atoms with Gasteiger partial charge in [-0.1, -0.05) is 38.3 Å². The number of amides is 1. The predicted octanol–water partition coefficient (Wildman–Crippen LogP) is 1.60. The van der Waals surface area contributed by atoms with E-state index in [1.165, 1.54) is 0 Å². The Morgan fingerprint density at radius 3 is 2.53 bits per heavy atom. The number of rotatable bonds is 4. The van der Waals surface area contributed by atoms with Crippen molar-refractivity contribution >= 4 is 11.7 Å². The zero-order valence-electron chi connectivity index (χ0n) is 10.7. The molecule has 1 unspecified atom stereocenters. The highest BCUT2D eigenvalue weighted by molar-refractivity contribution is 5.94. The molecule has 5 heteroatoms. The summed E-state index contributed by atoms with van der Waals surface area (Å²) in [5.41, 5.74) is 5.13. The molecule has 0 aromatic rings. The molecule has 5 nitrogen and oxygen atoms in total. The van der Waals surface area contributed by atoms with Gasteiger partial charge in [-0.15, -0.1) is 0 Å². The minimum absolute atomic E-state index is 0.0130. The summed E-state index contributed by atoms with van der Waals surface area (Å²) in [6.07, 6.45) is 5.43. The van der Waals surface area contributed by atoms with Crippen LogP contribution in [0.4, 0.5) is 0 Å². The first kappa shape index (κ1) is 13.8. The molecule has 0 aromatic heterocycles. The first-order chi connectivity index (χ1) is 8.05. The summed E-state index contributed by atoms with van der Waals surface area (Å²) in [6.45, 7) is 3.86. The molecule has 1 saturated carbocycles. The third-order valence-electron chi connectivity index (χ3n) is 3.73. The van der Waals surface area contributed by atoms with Gasteiger partial charge in [-0.25, -0.2) is 0 Å². The highest BCUT2D eigenvalue weighted by Gasteiger charge is 2.38. The lowest BCUT2D eigenvalue weighted by Crippen LogP contribution is -2.59. The van der Waals surface area contributed by atoms with Crippen LogP contribution in [0, 0.1) is 5.92 Å². The van der Waals surface area contributed by atoms with Gasteiger partial charge in [0.05, 0.1) is 0 Å². The van der Waals surface area contributed by atoms with E-state index in [-0.39, 0.29) is 17.7 Å². The van der Waals surface area contributed by atoms with Crippen molar-refractivity contribution in [3.8, 4) is 0 Å². The largest absolute Gasteiger partial charge is 0.409 e. The molecule has 1 aliphatic rings. The monoisotopic (exact) mass is 241 g/mol. The molecule has 1 atom stereocenters. The van der Waals surface area contributed by atoms with Gasteiger partial charge in [0, 0.05) is 5.92 Å². The maximum atomic E-state index is 12.0. The molecule has 0 aromatic carbocycles. The van der Waals surface area contributed by atoms with Crippen molar-refractivity contribution in [3.05, 3.63) is 0 Å². The Morgan fingerprint density at radius 1 is 1.47 bits per heavy atom. The average molecular weight is 241 g/mol. The van der Waals surface area contributed by atoms with Gasteiger partial charge < -0.3 is 16.3 Å². The molecule has 98 valence electrons. The van der Waals surface area contributed by atoms with E-state index in [1.54, 1.807) is 0 Å². The second-order valence-electron chi connectivity index (χ2n) is 4.93. The normalized spacial score (nSPS) is 21.9. The zero-order chi connectivity index (χ0) is 12.9. The van der Waals surface area contributed by atoms with Gasteiger partial charge in [0.2, 0.25) is 5.91 Å². The fourth-order valence-electron chi connectivity index (χ4n) is 2.24. The van der Waals surface area contributed by atoms with E-state index in [0.29, 0.717) is 0 Å². The lowest BCUT2D eigenvalue weighted by Gasteiger charge is -2.37. The number of hydrogen-bond donors (Lipinski definition) is 3. The number of hydrogen-bond acceptors (Lipinski definition) is 3. The number of nitrogens with zero attached hydrogens (tertiary/aromatic N) is 1. The summed E-state index contributed by atoms with van der Waals surface area (Å²) in [7, 11) is 0. The topological polar surface area (TPSA) is 87.7 Å². The van der Waals surface area contributed by atoms with E-state index in [1.807, 2.05) is 13.8 Å². The number of carbonyl (C=O) groups is 1. The van der Waals surface area contributed by atoms with Crippen molar-refractivity contribution in [1.82, 2.24) is 5.32 Å². The minimum atomic E-state index is -0.631. The van der Waals surface area contributed by atoms with Crippen molar-refractivity contribution in [3.63, 3.8) is 0 Å². The molecule has 0 bridgehead atoms. The molecular formula is C12H23N3O2. The molecule has 1 aliphatic carbocycles. The van der Waals surface area contributed by atoms with Crippen LogP contribution in [0.1, 0.15) is 52.4 Å². The van der Waals surface area contributed by atoms with Gasteiger partial charge in [-0.05, 0) is 19.3 Å². The molecule has 17 heavy (non-hydrogen) atoms. The molecule has 1 fully saturated rings. The number of nitrogens with two attached hydrogens (primary N) is 1. The molecule has 0 radical (unpaired) electrons. The summed E-state index contributed by atoms with van der Waals surface area (Å²) in [5.74, 6) is 0.0788. The van der Waals surface area contributed by atoms with Crippen LogP contribution in [-0.4, -0.2) is 22.5 Å². The lowest BCUT2D eigenvalue weighted by atomic mass is 9.80. The van der Waals surface area contributed by atoms with Crippen molar-refractivity contribution in [2.75, 3.05) is 0 Å². The van der Waals surface area contributed by atoms with Crippen LogP contribution in [-0.2, 0) is 4.79 Å². The Bertz CT molecular complexity index is 296. The van der Waals surface area contributed by atoms with Crippen molar-refractivity contribution in [2.45, 2.75) is 57.9 Å². The summed E-state index contributed by atoms with van der Waals surface area (Å²) >= 11 is 0. The Morgan fingerprint density at radius 2 is 2.06 bits per heavy atom. The third-order valence-corrected chi connectivity index (χ3v) is 3.73. The Labute approximate surface area is 102 Å².